The molecule has 0 saturated heterocycles. The van der Waals surface area contributed by atoms with Crippen molar-refractivity contribution in [3.8, 4) is 0 Å². The van der Waals surface area contributed by atoms with Crippen LogP contribution in [0.1, 0.15) is 20.7 Å². The van der Waals surface area contributed by atoms with E-state index in [-0.39, 0.29) is 24.1 Å². The van der Waals surface area contributed by atoms with Gasteiger partial charge in [-0.1, -0.05) is 18.2 Å². The van der Waals surface area contributed by atoms with Crippen LogP contribution in [0.3, 0.4) is 0 Å². The Kier molecular flexibility index (Phi) is 5.32. The Morgan fingerprint density at radius 2 is 1.54 bits per heavy atom. The lowest BCUT2D eigenvalue weighted by molar-refractivity contribution is -0.113. The lowest BCUT2D eigenvalue weighted by Gasteiger charge is -2.13. The molecule has 1 N–H and O–H groups in total. The maximum absolute atomic E-state index is 13.5. The van der Waals surface area contributed by atoms with Gasteiger partial charge in [0, 0.05) is 12.3 Å². The number of thioether (sulfide) groups is 1. The zero-order chi connectivity index (χ0) is 18.7. The fourth-order valence-electron chi connectivity index (χ4n) is 2.56. The highest BCUT2D eigenvalue weighted by atomic mass is 32.2. The van der Waals surface area contributed by atoms with Gasteiger partial charge in [0.15, 0.2) is 0 Å². The predicted octanol–water partition coefficient (Wildman–Crippen LogP) is 2.93. The highest BCUT2D eigenvalue weighted by Crippen LogP contribution is 2.23. The van der Waals surface area contributed by atoms with Gasteiger partial charge in [0.05, 0.1) is 16.9 Å². The van der Waals surface area contributed by atoms with Crippen LogP contribution in [-0.2, 0) is 4.79 Å². The van der Waals surface area contributed by atoms with Crippen LogP contribution in [0.2, 0.25) is 0 Å². The normalized spacial score (nSPS) is 13.1. The Morgan fingerprint density at radius 1 is 0.962 bits per heavy atom. The molecule has 0 spiro atoms. The number of carbonyl (C=O) groups is 3. The molecule has 0 bridgehead atoms. The first kappa shape index (κ1) is 18.1. The topological polar surface area (TPSA) is 66.5 Å². The van der Waals surface area contributed by atoms with Crippen molar-refractivity contribution in [2.75, 3.05) is 23.4 Å². The van der Waals surface area contributed by atoms with Crippen LogP contribution in [0.5, 0.6) is 0 Å². The van der Waals surface area contributed by atoms with Gasteiger partial charge in [-0.15, -0.1) is 0 Å². The maximum Gasteiger partial charge on any atom is 0.261 e. The SMILES string of the molecule is O=C(CSCCN1C(=O)c2ccccc2C1=O)Nc1c(F)cccc1F. The van der Waals surface area contributed by atoms with Crippen LogP contribution in [0.25, 0.3) is 0 Å². The van der Waals surface area contributed by atoms with Crippen LogP contribution in [0.15, 0.2) is 42.5 Å². The van der Waals surface area contributed by atoms with Gasteiger partial charge in [0.25, 0.3) is 11.8 Å². The van der Waals surface area contributed by atoms with Gasteiger partial charge in [-0.05, 0) is 24.3 Å². The first-order chi connectivity index (χ1) is 12.5. The predicted molar refractivity (Wildman–Crippen MR) is 94.1 cm³/mol. The molecule has 0 fully saturated rings. The zero-order valence-corrected chi connectivity index (χ0v) is 14.3. The summed E-state index contributed by atoms with van der Waals surface area (Å²) in [5.41, 5.74) is 0.254. The molecule has 2 aromatic rings. The second-order valence-electron chi connectivity index (χ2n) is 5.50. The minimum absolute atomic E-state index is 0.0586. The maximum atomic E-state index is 13.5. The Hall–Kier alpha value is -2.74. The van der Waals surface area contributed by atoms with Gasteiger partial charge in [-0.25, -0.2) is 8.78 Å². The largest absolute Gasteiger partial charge is 0.320 e. The van der Waals surface area contributed by atoms with E-state index in [0.717, 1.165) is 28.8 Å². The van der Waals surface area contributed by atoms with Gasteiger partial charge in [-0.2, -0.15) is 11.8 Å². The number of para-hydroxylation sites is 1. The lowest BCUT2D eigenvalue weighted by Crippen LogP contribution is -2.32. The molecule has 2 aromatic carbocycles. The minimum atomic E-state index is -0.852. The standard InChI is InChI=1S/C18H14F2N2O3S/c19-13-6-3-7-14(20)16(13)21-15(23)10-26-9-8-22-17(24)11-4-1-2-5-12(11)18(22)25/h1-7H,8-10H2,(H,21,23). The van der Waals surface area contributed by atoms with Crippen molar-refractivity contribution < 1.29 is 23.2 Å². The summed E-state index contributed by atoms with van der Waals surface area (Å²) in [4.78, 5) is 37.3. The first-order valence-corrected chi connectivity index (χ1v) is 8.91. The molecule has 26 heavy (non-hydrogen) atoms. The Balaban J connectivity index is 1.48. The Bertz CT molecular complexity index is 833. The second-order valence-corrected chi connectivity index (χ2v) is 6.61. The van der Waals surface area contributed by atoms with Gasteiger partial charge in [0.1, 0.15) is 17.3 Å². The number of carbonyl (C=O) groups excluding carboxylic acids is 3. The van der Waals surface area contributed by atoms with E-state index < -0.39 is 23.2 Å². The van der Waals surface area contributed by atoms with Crippen LogP contribution in [0.4, 0.5) is 14.5 Å². The summed E-state index contributed by atoms with van der Waals surface area (Å²) in [6.45, 7) is 0.151. The Labute approximate surface area is 152 Å². The minimum Gasteiger partial charge on any atom is -0.320 e. The lowest BCUT2D eigenvalue weighted by atomic mass is 10.1. The number of rotatable bonds is 6. The van der Waals surface area contributed by atoms with Gasteiger partial charge >= 0.3 is 0 Å². The van der Waals surface area contributed by atoms with Crippen LogP contribution in [0, 0.1) is 11.6 Å². The molecule has 0 aromatic heterocycles. The number of nitrogens with zero attached hydrogens (tertiary/aromatic N) is 1. The number of anilines is 1. The molecule has 1 aliphatic heterocycles. The molecule has 0 aliphatic carbocycles. The molecule has 5 nitrogen and oxygen atoms in total. The third-order valence-corrected chi connectivity index (χ3v) is 4.74. The van der Waals surface area contributed by atoms with E-state index in [0.29, 0.717) is 16.9 Å². The number of halogens is 2. The van der Waals surface area contributed by atoms with Crippen molar-refractivity contribution in [1.29, 1.82) is 0 Å². The quantitative estimate of drug-likeness (QED) is 0.622. The third kappa shape index (κ3) is 3.60. The van der Waals surface area contributed by atoms with E-state index in [9.17, 15) is 23.2 Å². The molecular formula is C18H14F2N2O3S. The summed E-state index contributed by atoms with van der Waals surface area (Å²) in [5.74, 6) is -2.71. The highest BCUT2D eigenvalue weighted by Gasteiger charge is 2.34. The molecule has 134 valence electrons. The average molecular weight is 376 g/mol. The van der Waals surface area contributed by atoms with Crippen molar-refractivity contribution in [2.45, 2.75) is 0 Å². The molecule has 0 saturated carbocycles. The molecule has 8 heteroatoms. The van der Waals surface area contributed by atoms with Crippen LogP contribution in [-0.4, -0.2) is 40.7 Å². The van der Waals surface area contributed by atoms with E-state index in [2.05, 4.69) is 5.32 Å². The number of benzene rings is 2. The van der Waals surface area contributed by atoms with Crippen LogP contribution < -0.4 is 5.32 Å². The number of imide groups is 1. The number of fused-ring (bicyclic) bond motifs is 1. The molecule has 1 aliphatic rings. The summed E-state index contributed by atoms with van der Waals surface area (Å²) in [5, 5.41) is 2.18. The molecular weight excluding hydrogens is 362 g/mol. The molecule has 0 atom stereocenters. The molecule has 3 amide bonds. The molecule has 0 unspecified atom stereocenters. The van der Waals surface area contributed by atoms with Gasteiger partial charge < -0.3 is 5.32 Å². The van der Waals surface area contributed by atoms with Crippen molar-refractivity contribution in [3.63, 3.8) is 0 Å². The summed E-state index contributed by atoms with van der Waals surface area (Å²) < 4.78 is 27.0. The van der Waals surface area contributed by atoms with Crippen molar-refractivity contribution in [3.05, 3.63) is 65.2 Å². The fraction of sp³-hybridized carbons (Fsp3) is 0.167. The smallest absolute Gasteiger partial charge is 0.261 e. The molecule has 1 heterocycles. The molecule has 0 radical (unpaired) electrons. The van der Waals surface area contributed by atoms with Gasteiger partial charge in [-0.3, -0.25) is 19.3 Å². The molecule has 3 rings (SSSR count). The third-order valence-electron chi connectivity index (χ3n) is 3.80. The first-order valence-electron chi connectivity index (χ1n) is 7.76. The van der Waals surface area contributed by atoms with E-state index in [4.69, 9.17) is 0 Å². The van der Waals surface area contributed by atoms with E-state index in [1.54, 1.807) is 24.3 Å². The van der Waals surface area contributed by atoms with E-state index in [1.807, 2.05) is 0 Å². The Morgan fingerprint density at radius 3 is 2.12 bits per heavy atom. The second kappa shape index (κ2) is 7.65. The van der Waals surface area contributed by atoms with E-state index >= 15 is 0 Å². The zero-order valence-electron chi connectivity index (χ0n) is 13.5. The van der Waals surface area contributed by atoms with Crippen molar-refractivity contribution in [1.82, 2.24) is 4.90 Å². The summed E-state index contributed by atoms with van der Waals surface area (Å²) in [6, 6.07) is 9.88. The van der Waals surface area contributed by atoms with Crippen molar-refractivity contribution >= 4 is 35.2 Å². The summed E-state index contributed by atoms with van der Waals surface area (Å²) >= 11 is 1.16. The average Bonchev–Trinajstić information content (AvgIpc) is 2.87. The van der Waals surface area contributed by atoms with Gasteiger partial charge in [0.2, 0.25) is 5.91 Å². The number of amides is 3. The summed E-state index contributed by atoms with van der Waals surface area (Å²) in [6.07, 6.45) is 0. The number of hydrogen-bond donors (Lipinski definition) is 1. The van der Waals surface area contributed by atoms with Crippen LogP contribution >= 0.6 is 11.8 Å². The van der Waals surface area contributed by atoms with E-state index in [1.165, 1.54) is 6.07 Å². The number of nitrogens with one attached hydrogen (secondary N) is 1. The number of hydrogen-bond acceptors (Lipinski definition) is 4. The fourth-order valence-corrected chi connectivity index (χ4v) is 3.27. The monoisotopic (exact) mass is 376 g/mol. The summed E-state index contributed by atoms with van der Waals surface area (Å²) in [7, 11) is 0. The highest BCUT2D eigenvalue weighted by molar-refractivity contribution is 7.99. The van der Waals surface area contributed by atoms with Crippen molar-refractivity contribution in [2.24, 2.45) is 0 Å².